The monoisotopic (exact) mass is 315 g/mol. The van der Waals surface area contributed by atoms with Crippen molar-refractivity contribution in [1.29, 1.82) is 0 Å². The number of quaternary nitrogens is 1. The fourth-order valence-electron chi connectivity index (χ4n) is 2.68. The average molecular weight is 316 g/mol. The van der Waals surface area contributed by atoms with E-state index >= 15 is 0 Å². The number of halogens is 2. The van der Waals surface area contributed by atoms with Crippen LogP contribution in [-0.2, 0) is 4.79 Å². The predicted octanol–water partition coefficient (Wildman–Crippen LogP) is 2.70. The minimum absolute atomic E-state index is 0.0249. The molecule has 110 valence electrons. The number of carbonyl (C=O) groups excluding carboxylic acids is 1. The second-order valence-corrected chi connectivity index (χ2v) is 6.37. The lowest BCUT2D eigenvalue weighted by atomic mass is 10.0. The SMILES string of the molecule is Cc1ccc(Cl)c(NC(=O)C[NH+]2CCCC[C@H]2C)c1Cl. The second kappa shape index (κ2) is 6.79. The number of piperidine rings is 1. The van der Waals surface area contributed by atoms with E-state index in [9.17, 15) is 4.79 Å². The maximum atomic E-state index is 12.2. The van der Waals surface area contributed by atoms with Crippen LogP contribution in [0.5, 0.6) is 0 Å². The Morgan fingerprint density at radius 1 is 1.40 bits per heavy atom. The molecule has 2 rings (SSSR count). The number of likely N-dealkylation sites (tertiary alicyclic amines) is 1. The summed E-state index contributed by atoms with van der Waals surface area (Å²) in [7, 11) is 0. The molecule has 0 aliphatic carbocycles. The van der Waals surface area contributed by atoms with E-state index in [2.05, 4.69) is 12.2 Å². The third-order valence-electron chi connectivity index (χ3n) is 4.02. The average Bonchev–Trinajstić information content (AvgIpc) is 2.42. The molecule has 5 heteroatoms. The van der Waals surface area contributed by atoms with Gasteiger partial charge in [-0.2, -0.15) is 0 Å². The lowest BCUT2D eigenvalue weighted by molar-refractivity contribution is -0.920. The van der Waals surface area contributed by atoms with Gasteiger partial charge in [-0.15, -0.1) is 0 Å². The van der Waals surface area contributed by atoms with Crippen LogP contribution in [-0.4, -0.2) is 25.0 Å². The highest BCUT2D eigenvalue weighted by Gasteiger charge is 2.24. The van der Waals surface area contributed by atoms with Crippen molar-refractivity contribution >= 4 is 34.8 Å². The molecule has 1 unspecified atom stereocenters. The number of anilines is 1. The molecule has 0 spiro atoms. The molecule has 1 fully saturated rings. The minimum atomic E-state index is -0.0249. The maximum absolute atomic E-state index is 12.2. The van der Waals surface area contributed by atoms with Gasteiger partial charge in [0.25, 0.3) is 5.91 Å². The summed E-state index contributed by atoms with van der Waals surface area (Å²) < 4.78 is 0. The van der Waals surface area contributed by atoms with Crippen LogP contribution in [0.15, 0.2) is 12.1 Å². The van der Waals surface area contributed by atoms with Crippen LogP contribution in [0.4, 0.5) is 5.69 Å². The first-order valence-electron chi connectivity index (χ1n) is 7.08. The van der Waals surface area contributed by atoms with Crippen LogP contribution < -0.4 is 10.2 Å². The number of nitrogens with one attached hydrogen (secondary N) is 2. The number of amides is 1. The van der Waals surface area contributed by atoms with E-state index < -0.39 is 0 Å². The second-order valence-electron chi connectivity index (χ2n) is 5.58. The van der Waals surface area contributed by atoms with Gasteiger partial charge in [0.2, 0.25) is 0 Å². The molecule has 3 nitrogen and oxygen atoms in total. The molecule has 1 aliphatic rings. The van der Waals surface area contributed by atoms with Gasteiger partial charge in [0, 0.05) is 0 Å². The molecule has 20 heavy (non-hydrogen) atoms. The van der Waals surface area contributed by atoms with Gasteiger partial charge in [0.1, 0.15) is 0 Å². The molecule has 1 aromatic rings. The summed E-state index contributed by atoms with van der Waals surface area (Å²) in [4.78, 5) is 13.5. The smallest absolute Gasteiger partial charge is 0.279 e. The molecule has 0 bridgehead atoms. The topological polar surface area (TPSA) is 33.5 Å². The van der Waals surface area contributed by atoms with Gasteiger partial charge >= 0.3 is 0 Å². The van der Waals surface area contributed by atoms with Crippen molar-refractivity contribution in [3.8, 4) is 0 Å². The maximum Gasteiger partial charge on any atom is 0.279 e. The summed E-state index contributed by atoms with van der Waals surface area (Å²) in [5.41, 5.74) is 1.44. The van der Waals surface area contributed by atoms with Crippen LogP contribution in [0.25, 0.3) is 0 Å². The van der Waals surface area contributed by atoms with Crippen LogP contribution in [0.2, 0.25) is 10.0 Å². The largest absolute Gasteiger partial charge is 0.325 e. The predicted molar refractivity (Wildman–Crippen MR) is 83.8 cm³/mol. The van der Waals surface area contributed by atoms with E-state index in [4.69, 9.17) is 23.2 Å². The zero-order valence-electron chi connectivity index (χ0n) is 11.9. The van der Waals surface area contributed by atoms with Crippen LogP contribution in [0.3, 0.4) is 0 Å². The summed E-state index contributed by atoms with van der Waals surface area (Å²) in [6.07, 6.45) is 3.65. The van der Waals surface area contributed by atoms with E-state index in [-0.39, 0.29) is 5.91 Å². The number of aryl methyl sites for hydroxylation is 1. The van der Waals surface area contributed by atoms with Gasteiger partial charge in [-0.05, 0) is 44.7 Å². The Labute approximate surface area is 130 Å². The van der Waals surface area contributed by atoms with Gasteiger partial charge in [-0.3, -0.25) is 4.79 Å². The molecule has 0 radical (unpaired) electrons. The highest BCUT2D eigenvalue weighted by molar-refractivity contribution is 6.40. The standard InChI is InChI=1S/C15H20Cl2N2O/c1-10-6-7-12(16)15(14(10)17)18-13(20)9-19-8-4-3-5-11(19)2/h6-7,11H,3-5,8-9H2,1-2H3,(H,18,20)/p+1/t11-/m1/s1. The van der Waals surface area contributed by atoms with Gasteiger partial charge in [-0.1, -0.05) is 29.3 Å². The quantitative estimate of drug-likeness (QED) is 0.883. The fourth-order valence-corrected chi connectivity index (χ4v) is 3.14. The first-order valence-corrected chi connectivity index (χ1v) is 7.83. The van der Waals surface area contributed by atoms with Crippen molar-refractivity contribution in [3.05, 3.63) is 27.7 Å². The van der Waals surface area contributed by atoms with Crippen molar-refractivity contribution in [3.63, 3.8) is 0 Å². The number of carbonyl (C=O) groups is 1. The summed E-state index contributed by atoms with van der Waals surface area (Å²) in [5.74, 6) is -0.0249. The van der Waals surface area contributed by atoms with Gasteiger partial charge in [-0.25, -0.2) is 0 Å². The molecule has 0 saturated carbocycles. The first-order chi connectivity index (χ1) is 9.49. The zero-order valence-corrected chi connectivity index (χ0v) is 13.4. The molecule has 2 N–H and O–H groups in total. The van der Waals surface area contributed by atoms with E-state index in [1.807, 2.05) is 13.0 Å². The number of rotatable bonds is 3. The fraction of sp³-hybridized carbons (Fsp3) is 0.533. The van der Waals surface area contributed by atoms with E-state index in [1.165, 1.54) is 24.2 Å². The van der Waals surface area contributed by atoms with Crippen molar-refractivity contribution in [2.75, 3.05) is 18.4 Å². The molecular weight excluding hydrogens is 295 g/mol. The Kier molecular flexibility index (Phi) is 5.30. The Bertz CT molecular complexity index is 505. The van der Waals surface area contributed by atoms with E-state index in [0.29, 0.717) is 28.3 Å². The van der Waals surface area contributed by atoms with E-state index in [1.54, 1.807) is 6.07 Å². The van der Waals surface area contributed by atoms with Crippen LogP contribution >= 0.6 is 23.2 Å². The summed E-state index contributed by atoms with van der Waals surface area (Å²) >= 11 is 12.3. The minimum Gasteiger partial charge on any atom is -0.325 e. The molecule has 1 aliphatic heterocycles. The molecule has 0 aromatic heterocycles. The molecular formula is C15H21Cl2N2O+. The highest BCUT2D eigenvalue weighted by Crippen LogP contribution is 2.32. The first kappa shape index (κ1) is 15.6. The molecule has 1 aromatic carbocycles. The highest BCUT2D eigenvalue weighted by atomic mass is 35.5. The number of hydrogen-bond donors (Lipinski definition) is 2. The number of hydrogen-bond acceptors (Lipinski definition) is 1. The molecule has 1 saturated heterocycles. The van der Waals surface area contributed by atoms with Crippen LogP contribution in [0.1, 0.15) is 31.7 Å². The van der Waals surface area contributed by atoms with Crippen molar-refractivity contribution in [2.45, 2.75) is 39.2 Å². The summed E-state index contributed by atoms with van der Waals surface area (Å²) in [6.45, 7) is 5.63. The Morgan fingerprint density at radius 3 is 2.85 bits per heavy atom. The third-order valence-corrected chi connectivity index (χ3v) is 4.82. The van der Waals surface area contributed by atoms with Gasteiger partial charge < -0.3 is 10.2 Å². The summed E-state index contributed by atoms with van der Waals surface area (Å²) in [5, 5.41) is 3.87. The molecule has 1 amide bonds. The van der Waals surface area contributed by atoms with Crippen molar-refractivity contribution in [1.82, 2.24) is 0 Å². The third kappa shape index (κ3) is 3.66. The Balaban J connectivity index is 2.03. The van der Waals surface area contributed by atoms with E-state index in [0.717, 1.165) is 12.1 Å². The lowest BCUT2D eigenvalue weighted by Gasteiger charge is -2.29. The molecule has 2 atom stereocenters. The summed E-state index contributed by atoms with van der Waals surface area (Å²) in [6, 6.07) is 4.14. The van der Waals surface area contributed by atoms with Gasteiger partial charge in [0.15, 0.2) is 6.54 Å². The molecule has 1 heterocycles. The Hall–Kier alpha value is -0.770. The lowest BCUT2D eigenvalue weighted by Crippen LogP contribution is -3.17. The van der Waals surface area contributed by atoms with Gasteiger partial charge in [0.05, 0.1) is 28.3 Å². The number of benzene rings is 1. The van der Waals surface area contributed by atoms with Crippen molar-refractivity contribution in [2.24, 2.45) is 0 Å². The van der Waals surface area contributed by atoms with Crippen molar-refractivity contribution < 1.29 is 9.69 Å². The van der Waals surface area contributed by atoms with Crippen LogP contribution in [0, 0.1) is 6.92 Å². The normalized spacial score (nSPS) is 22.6. The Morgan fingerprint density at radius 2 is 2.15 bits per heavy atom. The zero-order chi connectivity index (χ0) is 14.7.